The van der Waals surface area contributed by atoms with Crippen LogP contribution >= 0.6 is 60.4 Å². The molecule has 0 bridgehead atoms. The van der Waals surface area contributed by atoms with Gasteiger partial charge in [-0.3, -0.25) is 25.0 Å². The van der Waals surface area contributed by atoms with Crippen molar-refractivity contribution in [3.8, 4) is 11.1 Å². The summed E-state index contributed by atoms with van der Waals surface area (Å²) in [5.74, 6) is -1.05. The summed E-state index contributed by atoms with van der Waals surface area (Å²) in [6, 6.07) is 39.2. The Kier molecular flexibility index (Phi) is 31.9. The summed E-state index contributed by atoms with van der Waals surface area (Å²) >= 11 is 12.8. The highest BCUT2D eigenvalue weighted by atomic mass is 35.5. The zero-order valence-corrected chi connectivity index (χ0v) is 63.1. The lowest BCUT2D eigenvalue weighted by Crippen LogP contribution is -2.54. The van der Waals surface area contributed by atoms with Crippen molar-refractivity contribution in [2.75, 3.05) is 124 Å². The summed E-state index contributed by atoms with van der Waals surface area (Å²) < 4.78 is 108. The highest BCUT2D eigenvalue weighted by molar-refractivity contribution is 6.42. The lowest BCUT2D eigenvalue weighted by Gasteiger charge is -2.46. The third kappa shape index (κ3) is 23.3. The predicted molar refractivity (Wildman–Crippen MR) is 402 cm³/mol. The first-order valence-electron chi connectivity index (χ1n) is 35.0. The van der Waals surface area contributed by atoms with Crippen molar-refractivity contribution in [1.29, 1.82) is 0 Å². The number of likely N-dealkylation sites (N-methyl/N-ethyl adjacent to an activating group) is 2. The Bertz CT molecular complexity index is 3800. The fourth-order valence-electron chi connectivity index (χ4n) is 14.3. The first-order valence-corrected chi connectivity index (χ1v) is 35.7. The van der Waals surface area contributed by atoms with Gasteiger partial charge in [0.15, 0.2) is 0 Å². The molecule has 0 radical (unpaired) electrons. The first-order chi connectivity index (χ1) is 48.8. The minimum atomic E-state index is -5.14. The van der Waals surface area contributed by atoms with Gasteiger partial charge in [-0.25, -0.2) is 9.59 Å². The third-order valence-corrected chi connectivity index (χ3v) is 20.9. The molecule has 2 atom stereocenters. The number of piperidine rings is 2. The molecule has 2 N–H and O–H groups in total. The van der Waals surface area contributed by atoms with E-state index in [2.05, 4.69) is 44.5 Å². The number of alkyl halides is 6. The van der Waals surface area contributed by atoms with Crippen molar-refractivity contribution in [3.63, 3.8) is 0 Å². The molecule has 10 rings (SSSR count). The van der Waals surface area contributed by atoms with Crippen LogP contribution in [-0.4, -0.2) is 184 Å². The molecule has 4 aliphatic rings. The fraction of sp³-hybridized carbons (Fsp3) is 0.468. The van der Waals surface area contributed by atoms with Gasteiger partial charge in [-0.05, 0) is 167 Å². The molecule has 6 aromatic carbocycles. The van der Waals surface area contributed by atoms with Crippen LogP contribution in [0.25, 0.3) is 11.1 Å². The maximum Gasteiger partial charge on any atom is 0.416 e. The monoisotopic (exact) mass is 1560 g/mol. The number of unbranched alkanes of at least 4 members (excludes halogenated alkanes) is 3. The van der Waals surface area contributed by atoms with Crippen LogP contribution in [-0.2, 0) is 64.9 Å². The molecule has 572 valence electrons. The average Bonchev–Trinajstić information content (AvgIpc) is 1.61. The molecule has 3 aliphatic heterocycles. The molecule has 3 saturated heterocycles. The zero-order chi connectivity index (χ0) is 72.6. The molecule has 0 aromatic heterocycles. The molecule has 5 amide bonds. The van der Waals surface area contributed by atoms with Gasteiger partial charge in [0, 0.05) is 95.1 Å². The molecule has 3 heterocycles. The summed E-state index contributed by atoms with van der Waals surface area (Å²) in [5, 5.41) is 6.18. The Morgan fingerprint density at radius 1 is 0.638 bits per heavy atom. The van der Waals surface area contributed by atoms with Crippen LogP contribution in [0.15, 0.2) is 140 Å². The third-order valence-electron chi connectivity index (χ3n) is 20.2. The van der Waals surface area contributed by atoms with Gasteiger partial charge in [-0.1, -0.05) is 121 Å². The highest BCUT2D eigenvalue weighted by Crippen LogP contribution is 2.49. The highest BCUT2D eigenvalue weighted by Gasteiger charge is 2.50. The number of rotatable bonds is 28. The number of ether oxygens (including phenoxy) is 4. The van der Waals surface area contributed by atoms with Gasteiger partial charge in [0.05, 0.1) is 52.7 Å². The summed E-state index contributed by atoms with van der Waals surface area (Å²) in [5.41, 5.74) is 1.62. The van der Waals surface area contributed by atoms with Gasteiger partial charge in [-0.15, -0.1) is 37.2 Å². The van der Waals surface area contributed by atoms with E-state index in [1.807, 2.05) is 103 Å². The second-order valence-corrected chi connectivity index (χ2v) is 28.0. The van der Waals surface area contributed by atoms with E-state index in [0.717, 1.165) is 87.1 Å². The molecule has 0 saturated carbocycles. The molecule has 3 fully saturated rings. The number of halogens is 11. The zero-order valence-electron chi connectivity index (χ0n) is 59.1. The summed E-state index contributed by atoms with van der Waals surface area (Å²) in [7, 11) is 5.65. The normalized spacial score (nSPS) is 17.5. The van der Waals surface area contributed by atoms with Gasteiger partial charge in [0.2, 0.25) is 11.8 Å². The van der Waals surface area contributed by atoms with E-state index in [-0.39, 0.29) is 117 Å². The minimum absolute atomic E-state index is 0. The number of nitrogens with zero attached hydrogens (tertiary/aromatic N) is 6. The van der Waals surface area contributed by atoms with E-state index in [4.69, 9.17) is 42.1 Å². The van der Waals surface area contributed by atoms with Gasteiger partial charge >= 0.3 is 24.5 Å². The van der Waals surface area contributed by atoms with E-state index in [1.54, 1.807) is 30.1 Å². The van der Waals surface area contributed by atoms with Gasteiger partial charge in [-0.2, -0.15) is 26.3 Å². The second kappa shape index (κ2) is 39.3. The molecule has 1 aliphatic carbocycles. The lowest BCUT2D eigenvalue weighted by molar-refractivity contribution is -0.143. The van der Waals surface area contributed by atoms with E-state index < -0.39 is 58.2 Å². The SMILES string of the molecule is CN(CCCCCC(=O)N(C)CCN1CCC(OC(=O)Nc2ccccc2-c2ccccc2)CC1)Cc1ccc(NC(=O)OCCCCN(C)C(=O)CO[C@H]2Cc3ccccc3C23CCN(CC[C@]2(c4ccc(Cl)c(Cl)c4)CN(C(=O)c4cc(C(F)(F)F)cc(C(F)(F)F)c4)CCO2)CC3)cc1.Cl.Cl.Cl. The smallest absolute Gasteiger partial charge is 0.416 e. The number of fused-ring (bicyclic) bond motifs is 2. The Labute approximate surface area is 639 Å². The predicted octanol–water partition coefficient (Wildman–Crippen LogP) is 16.3. The summed E-state index contributed by atoms with van der Waals surface area (Å²) in [6.45, 7) is 6.37. The number of anilines is 2. The molecule has 17 nitrogen and oxygen atoms in total. The number of hydrogen-bond donors (Lipinski definition) is 2. The molecule has 28 heteroatoms. The van der Waals surface area contributed by atoms with Crippen molar-refractivity contribution in [1.82, 2.24) is 29.4 Å². The Morgan fingerprint density at radius 3 is 1.98 bits per heavy atom. The van der Waals surface area contributed by atoms with Crippen LogP contribution < -0.4 is 10.6 Å². The first kappa shape index (κ1) is 85.4. The lowest BCUT2D eigenvalue weighted by atomic mass is 9.72. The Balaban J connectivity index is 0.00000513. The van der Waals surface area contributed by atoms with Crippen molar-refractivity contribution < 1.29 is 69.3 Å². The molecule has 6 aromatic rings. The number of carbonyl (C=O) groups is 5. The molecular formula is C77H93Cl5F6N8O9. The number of para-hydroxylation sites is 1. The van der Waals surface area contributed by atoms with Crippen LogP contribution in [0.5, 0.6) is 0 Å². The number of benzene rings is 6. The van der Waals surface area contributed by atoms with Crippen molar-refractivity contribution >= 4 is 102 Å². The second-order valence-electron chi connectivity index (χ2n) is 27.2. The van der Waals surface area contributed by atoms with E-state index in [9.17, 15) is 50.3 Å². The quantitative estimate of drug-likeness (QED) is 0.0353. The summed E-state index contributed by atoms with van der Waals surface area (Å²) in [6.07, 6.45) is -3.71. The standard InChI is InChI=1S/C77H90Cl2F6N8O9.3ClH/c1-88(34-13-5-8-22-69(94)90(3)41-42-91-36-29-62(30-37-91)102-73(98)87-67-21-12-10-19-63(67)55-16-6-4-7-17-55)51-54-23-26-61(27-24-54)86-72(97)99-44-15-14-35-89(2)70(95)52-100-68-48-56-18-9-11-20-64(56)74(68)31-38-92(39-32-74)40-33-75(58-25-28-65(78)66(79)50-58)53-93(43-45-101-75)71(96)57-46-59(76(80,81)82)49-60(47-57)77(83,84)85;;;/h4,6-7,9-12,16-21,23-28,46-47,49-50,62,68H,5,8,13-15,22,29-45,48,51-53H2,1-3H3,(H,86,97)(H,87,98);3*1H/t68-,75+;;;/m0.../s1. The largest absolute Gasteiger partial charge is 0.449 e. The number of amides is 5. The maximum absolute atomic E-state index is 14.0. The van der Waals surface area contributed by atoms with Crippen molar-refractivity contribution in [2.45, 2.75) is 119 Å². The molecule has 0 unspecified atom stereocenters. The number of hydrogen-bond acceptors (Lipinski definition) is 12. The Morgan fingerprint density at radius 2 is 1.29 bits per heavy atom. The van der Waals surface area contributed by atoms with E-state index in [1.165, 1.54) is 10.5 Å². The van der Waals surface area contributed by atoms with E-state index >= 15 is 0 Å². The van der Waals surface area contributed by atoms with Gasteiger partial charge in [0.1, 0.15) is 18.3 Å². The number of nitrogens with one attached hydrogen (secondary N) is 2. The van der Waals surface area contributed by atoms with Crippen molar-refractivity contribution in [3.05, 3.63) is 189 Å². The number of carbonyl (C=O) groups excluding carboxylic acids is 5. The van der Waals surface area contributed by atoms with Crippen LogP contribution in [0.1, 0.15) is 114 Å². The Hall–Kier alpha value is -6.90. The van der Waals surface area contributed by atoms with Crippen molar-refractivity contribution in [2.24, 2.45) is 0 Å². The molecular weight excluding hydrogens is 1470 g/mol. The van der Waals surface area contributed by atoms with Crippen LogP contribution in [0.3, 0.4) is 0 Å². The fourth-order valence-corrected chi connectivity index (χ4v) is 14.5. The maximum atomic E-state index is 14.0. The minimum Gasteiger partial charge on any atom is -0.449 e. The van der Waals surface area contributed by atoms with Crippen LogP contribution in [0.4, 0.5) is 47.3 Å². The van der Waals surface area contributed by atoms with Gasteiger partial charge in [0.25, 0.3) is 5.91 Å². The van der Waals surface area contributed by atoms with Crippen LogP contribution in [0.2, 0.25) is 10.0 Å². The topological polar surface area (TPSA) is 166 Å². The number of morpholine rings is 1. The molecule has 1 spiro atoms. The summed E-state index contributed by atoms with van der Waals surface area (Å²) in [4.78, 5) is 77.7. The molecule has 105 heavy (non-hydrogen) atoms. The van der Waals surface area contributed by atoms with Gasteiger partial charge < -0.3 is 48.3 Å². The number of likely N-dealkylation sites (tertiary alicyclic amines) is 2. The average molecular weight is 1570 g/mol. The van der Waals surface area contributed by atoms with Crippen LogP contribution in [0, 0.1) is 0 Å². The van der Waals surface area contributed by atoms with E-state index in [0.29, 0.717) is 100 Å².